The molecule has 0 amide bonds. The molecule has 0 bridgehead atoms. The molecule has 0 aliphatic heterocycles. The van der Waals surface area contributed by atoms with Crippen molar-refractivity contribution in [3.8, 4) is 5.75 Å². The number of fused-ring (bicyclic) bond motifs is 1. The van der Waals surface area contributed by atoms with Crippen LogP contribution in [0.15, 0.2) is 71.6 Å². The van der Waals surface area contributed by atoms with Crippen LogP contribution < -0.4 is 4.18 Å². The lowest BCUT2D eigenvalue weighted by molar-refractivity contribution is 0.488. The molecule has 0 unspecified atom stereocenters. The molecule has 4 heteroatoms. The fraction of sp³-hybridized carbons (Fsp3) is 0.0588. The summed E-state index contributed by atoms with van der Waals surface area (Å²) < 4.78 is 30.2. The molecule has 3 aromatic rings. The van der Waals surface area contributed by atoms with Gasteiger partial charge in [0.2, 0.25) is 0 Å². The molecule has 0 saturated carbocycles. The van der Waals surface area contributed by atoms with Crippen molar-refractivity contribution < 1.29 is 12.6 Å². The van der Waals surface area contributed by atoms with Crippen LogP contribution in [0, 0.1) is 6.92 Å². The van der Waals surface area contributed by atoms with E-state index < -0.39 is 10.1 Å². The Morgan fingerprint density at radius 2 is 1.48 bits per heavy atom. The van der Waals surface area contributed by atoms with Gasteiger partial charge < -0.3 is 4.18 Å². The lowest BCUT2D eigenvalue weighted by atomic mass is 10.1. The molecule has 0 heterocycles. The van der Waals surface area contributed by atoms with Crippen molar-refractivity contribution >= 4 is 20.9 Å². The van der Waals surface area contributed by atoms with Gasteiger partial charge in [0.05, 0.1) is 0 Å². The standard InChI is InChI=1S/C17H14O3S/c1-13-7-2-5-12-17(13)21(18,19)20-16-11-6-9-14-8-3-4-10-15(14)16/h2-12H,1H3. The quantitative estimate of drug-likeness (QED) is 0.688. The topological polar surface area (TPSA) is 43.4 Å². The van der Waals surface area contributed by atoms with E-state index in [-0.39, 0.29) is 4.90 Å². The van der Waals surface area contributed by atoms with Gasteiger partial charge in [0, 0.05) is 5.39 Å². The van der Waals surface area contributed by atoms with Gasteiger partial charge in [-0.2, -0.15) is 8.42 Å². The normalized spacial score (nSPS) is 11.5. The molecule has 0 aromatic heterocycles. The van der Waals surface area contributed by atoms with Gasteiger partial charge in [-0.25, -0.2) is 0 Å². The summed E-state index contributed by atoms with van der Waals surface area (Å²) >= 11 is 0. The Bertz CT molecular complexity index is 893. The van der Waals surface area contributed by atoms with Gasteiger partial charge in [0.1, 0.15) is 4.90 Å². The summed E-state index contributed by atoms with van der Waals surface area (Å²) in [6, 6.07) is 19.7. The van der Waals surface area contributed by atoms with E-state index in [0.717, 1.165) is 10.8 Å². The maximum atomic E-state index is 12.4. The first-order chi connectivity index (χ1) is 10.1. The molecule has 0 aliphatic carbocycles. The van der Waals surface area contributed by atoms with Crippen LogP contribution in [-0.4, -0.2) is 8.42 Å². The molecule has 0 N–H and O–H groups in total. The lowest BCUT2D eigenvalue weighted by Gasteiger charge is -2.11. The third-order valence-electron chi connectivity index (χ3n) is 3.31. The zero-order valence-corrected chi connectivity index (χ0v) is 12.3. The number of hydrogen-bond donors (Lipinski definition) is 0. The van der Waals surface area contributed by atoms with Crippen molar-refractivity contribution in [2.75, 3.05) is 0 Å². The van der Waals surface area contributed by atoms with E-state index in [1.807, 2.05) is 30.3 Å². The highest BCUT2D eigenvalue weighted by atomic mass is 32.2. The van der Waals surface area contributed by atoms with E-state index in [4.69, 9.17) is 4.18 Å². The number of rotatable bonds is 3. The third-order valence-corrected chi connectivity index (χ3v) is 4.71. The first-order valence-electron chi connectivity index (χ1n) is 6.56. The van der Waals surface area contributed by atoms with E-state index in [9.17, 15) is 8.42 Å². The van der Waals surface area contributed by atoms with E-state index in [1.54, 1.807) is 43.3 Å². The maximum absolute atomic E-state index is 12.4. The van der Waals surface area contributed by atoms with Gasteiger partial charge in [-0.05, 0) is 30.0 Å². The Labute approximate surface area is 123 Å². The Morgan fingerprint density at radius 1 is 0.810 bits per heavy atom. The zero-order chi connectivity index (χ0) is 14.9. The second-order valence-electron chi connectivity index (χ2n) is 4.78. The third kappa shape index (κ3) is 2.62. The Hall–Kier alpha value is -2.33. The minimum atomic E-state index is -3.84. The van der Waals surface area contributed by atoms with Gasteiger partial charge in [-0.15, -0.1) is 0 Å². The summed E-state index contributed by atoms with van der Waals surface area (Å²) in [4.78, 5) is 0.193. The highest BCUT2D eigenvalue weighted by Crippen LogP contribution is 2.28. The van der Waals surface area contributed by atoms with Crippen molar-refractivity contribution in [3.63, 3.8) is 0 Å². The summed E-state index contributed by atoms with van der Waals surface area (Å²) in [5.74, 6) is 0.344. The molecule has 3 aromatic carbocycles. The average Bonchev–Trinajstić information content (AvgIpc) is 2.47. The van der Waals surface area contributed by atoms with E-state index in [2.05, 4.69) is 0 Å². The number of benzene rings is 3. The van der Waals surface area contributed by atoms with E-state index in [1.165, 1.54) is 0 Å². The molecule has 0 spiro atoms. The Morgan fingerprint density at radius 3 is 2.29 bits per heavy atom. The summed E-state index contributed by atoms with van der Waals surface area (Å²) in [5, 5.41) is 1.71. The predicted molar refractivity (Wildman–Crippen MR) is 82.9 cm³/mol. The molecule has 0 aliphatic rings. The van der Waals surface area contributed by atoms with Crippen LogP contribution in [0.2, 0.25) is 0 Å². The molecule has 21 heavy (non-hydrogen) atoms. The van der Waals surface area contributed by atoms with Crippen LogP contribution in [0.25, 0.3) is 10.8 Å². The summed E-state index contributed by atoms with van der Waals surface area (Å²) in [6.07, 6.45) is 0. The molecule has 0 fully saturated rings. The summed E-state index contributed by atoms with van der Waals surface area (Å²) in [6.45, 7) is 1.75. The van der Waals surface area contributed by atoms with Gasteiger partial charge in [-0.1, -0.05) is 54.6 Å². The van der Waals surface area contributed by atoms with Gasteiger partial charge >= 0.3 is 10.1 Å². The fourth-order valence-corrected chi connectivity index (χ4v) is 3.45. The predicted octanol–water partition coefficient (Wildman–Crippen LogP) is 3.92. The zero-order valence-electron chi connectivity index (χ0n) is 11.5. The van der Waals surface area contributed by atoms with Gasteiger partial charge in [-0.3, -0.25) is 0 Å². The Balaban J connectivity index is 2.08. The second-order valence-corrected chi connectivity index (χ2v) is 6.29. The summed E-state index contributed by atoms with van der Waals surface area (Å²) in [7, 11) is -3.84. The molecular formula is C17H14O3S. The first-order valence-corrected chi connectivity index (χ1v) is 7.97. The van der Waals surface area contributed by atoms with Crippen molar-refractivity contribution in [1.82, 2.24) is 0 Å². The molecule has 3 rings (SSSR count). The first kappa shape index (κ1) is 13.6. The van der Waals surface area contributed by atoms with E-state index >= 15 is 0 Å². The van der Waals surface area contributed by atoms with Crippen LogP contribution in [-0.2, 0) is 10.1 Å². The van der Waals surface area contributed by atoms with E-state index in [0.29, 0.717) is 11.3 Å². The van der Waals surface area contributed by atoms with Crippen LogP contribution in [0.4, 0.5) is 0 Å². The monoisotopic (exact) mass is 298 g/mol. The van der Waals surface area contributed by atoms with Gasteiger partial charge in [0.25, 0.3) is 0 Å². The smallest absolute Gasteiger partial charge is 0.339 e. The highest BCUT2D eigenvalue weighted by molar-refractivity contribution is 7.87. The molecule has 0 atom stereocenters. The van der Waals surface area contributed by atoms with Crippen LogP contribution in [0.1, 0.15) is 5.56 Å². The largest absolute Gasteiger partial charge is 0.378 e. The van der Waals surface area contributed by atoms with Crippen molar-refractivity contribution in [1.29, 1.82) is 0 Å². The van der Waals surface area contributed by atoms with Crippen LogP contribution in [0.3, 0.4) is 0 Å². The maximum Gasteiger partial charge on any atom is 0.339 e. The molecule has 3 nitrogen and oxygen atoms in total. The minimum absolute atomic E-state index is 0.193. The number of hydrogen-bond acceptors (Lipinski definition) is 3. The summed E-state index contributed by atoms with van der Waals surface area (Å²) in [5.41, 5.74) is 0.665. The van der Waals surface area contributed by atoms with Crippen molar-refractivity contribution in [2.24, 2.45) is 0 Å². The fourth-order valence-electron chi connectivity index (χ4n) is 2.27. The minimum Gasteiger partial charge on any atom is -0.378 e. The lowest BCUT2D eigenvalue weighted by Crippen LogP contribution is -2.11. The second kappa shape index (κ2) is 5.22. The number of aryl methyl sites for hydroxylation is 1. The molecule has 106 valence electrons. The molecule has 0 saturated heterocycles. The highest BCUT2D eigenvalue weighted by Gasteiger charge is 2.19. The molecule has 0 radical (unpaired) electrons. The molecular weight excluding hydrogens is 284 g/mol. The SMILES string of the molecule is Cc1ccccc1S(=O)(=O)Oc1cccc2ccccc12. The van der Waals surface area contributed by atoms with Crippen molar-refractivity contribution in [2.45, 2.75) is 11.8 Å². The van der Waals surface area contributed by atoms with Crippen LogP contribution >= 0.6 is 0 Å². The van der Waals surface area contributed by atoms with Gasteiger partial charge in [0.15, 0.2) is 5.75 Å². The average molecular weight is 298 g/mol. The Kier molecular flexibility index (Phi) is 3.39. The van der Waals surface area contributed by atoms with Crippen LogP contribution in [0.5, 0.6) is 5.75 Å². The van der Waals surface area contributed by atoms with Crippen molar-refractivity contribution in [3.05, 3.63) is 72.3 Å².